The normalized spacial score (nSPS) is 11.1. The Morgan fingerprint density at radius 3 is 2.33 bits per heavy atom. The number of carbonyl (C=O) groups is 1. The first kappa shape index (κ1) is 9.16. The molecule has 0 fully saturated rings. The van der Waals surface area contributed by atoms with Crippen LogP contribution in [-0.2, 0) is 4.79 Å². The van der Waals surface area contributed by atoms with E-state index in [4.69, 9.17) is 5.11 Å². The van der Waals surface area contributed by atoms with Crippen LogP contribution in [0.3, 0.4) is 0 Å². The van der Waals surface area contributed by atoms with E-state index < -0.39 is 3.42 Å². The van der Waals surface area contributed by atoms with Crippen LogP contribution in [0.15, 0.2) is 0 Å². The molecule has 0 unspecified atom stereocenters. The smallest absolute Gasteiger partial charge is 0.237 e. The molecule has 0 bridgehead atoms. The van der Waals surface area contributed by atoms with Crippen molar-refractivity contribution in [2.75, 3.05) is 6.73 Å². The van der Waals surface area contributed by atoms with Gasteiger partial charge in [-0.1, -0.05) is 22.6 Å². The molecule has 0 atom stereocenters. The van der Waals surface area contributed by atoms with Crippen molar-refractivity contribution in [3.8, 4) is 0 Å². The van der Waals surface area contributed by atoms with Crippen molar-refractivity contribution in [2.24, 2.45) is 0 Å². The van der Waals surface area contributed by atoms with Crippen LogP contribution >= 0.6 is 22.6 Å². The summed E-state index contributed by atoms with van der Waals surface area (Å²) in [5, 5.41) is 10.6. The quantitative estimate of drug-likeness (QED) is 0.415. The molecule has 4 heteroatoms. The number of aliphatic hydroxyl groups excluding tert-OH is 1. The lowest BCUT2D eigenvalue weighted by Crippen LogP contribution is -2.37. The Labute approximate surface area is 68.0 Å². The monoisotopic (exact) mass is 243 g/mol. The molecule has 0 aliphatic carbocycles. The zero-order chi connectivity index (χ0) is 7.49. The van der Waals surface area contributed by atoms with Crippen molar-refractivity contribution in [1.29, 1.82) is 0 Å². The van der Waals surface area contributed by atoms with Gasteiger partial charge in [0, 0.05) is 0 Å². The number of aliphatic hydroxyl groups is 1. The third kappa shape index (κ3) is 3.69. The predicted octanol–water partition coefficient (Wildman–Crippen LogP) is 0.266. The van der Waals surface area contributed by atoms with Gasteiger partial charge in [-0.05, 0) is 13.8 Å². The fourth-order valence-electron chi connectivity index (χ4n) is 0.282. The minimum Gasteiger partial charge on any atom is -0.377 e. The number of halogens is 1. The van der Waals surface area contributed by atoms with E-state index in [0.717, 1.165) is 0 Å². The average molecular weight is 243 g/mol. The van der Waals surface area contributed by atoms with E-state index in [1.807, 2.05) is 22.6 Å². The van der Waals surface area contributed by atoms with Crippen LogP contribution in [0.5, 0.6) is 0 Å². The fourth-order valence-corrected chi connectivity index (χ4v) is 0.473. The number of hydrogen-bond donors (Lipinski definition) is 2. The number of hydrogen-bond acceptors (Lipinski definition) is 2. The molecule has 2 N–H and O–H groups in total. The van der Waals surface area contributed by atoms with Gasteiger partial charge in [0.1, 0.15) is 6.73 Å². The van der Waals surface area contributed by atoms with Crippen LogP contribution in [0.4, 0.5) is 0 Å². The molecular weight excluding hydrogens is 233 g/mol. The van der Waals surface area contributed by atoms with E-state index in [-0.39, 0.29) is 12.6 Å². The Morgan fingerprint density at radius 2 is 2.22 bits per heavy atom. The van der Waals surface area contributed by atoms with Crippen LogP contribution in [0.25, 0.3) is 0 Å². The van der Waals surface area contributed by atoms with Crippen LogP contribution < -0.4 is 5.32 Å². The maximum absolute atomic E-state index is 10.8. The first-order valence-electron chi connectivity index (χ1n) is 2.56. The van der Waals surface area contributed by atoms with Crippen LogP contribution in [0.2, 0.25) is 0 Å². The zero-order valence-electron chi connectivity index (χ0n) is 5.44. The lowest BCUT2D eigenvalue weighted by molar-refractivity contribution is -0.123. The number of amides is 1. The maximum Gasteiger partial charge on any atom is 0.237 e. The minimum absolute atomic E-state index is 0.148. The van der Waals surface area contributed by atoms with Gasteiger partial charge in [-0.3, -0.25) is 4.79 Å². The second-order valence-electron chi connectivity index (χ2n) is 2.14. The maximum atomic E-state index is 10.8. The second-order valence-corrected chi connectivity index (χ2v) is 4.83. The van der Waals surface area contributed by atoms with Gasteiger partial charge in [-0.15, -0.1) is 0 Å². The SMILES string of the molecule is CC(C)(I)C(=O)NCO. The van der Waals surface area contributed by atoms with Gasteiger partial charge >= 0.3 is 0 Å². The first-order valence-corrected chi connectivity index (χ1v) is 3.64. The number of nitrogens with one attached hydrogen (secondary N) is 1. The molecule has 0 spiro atoms. The van der Waals surface area contributed by atoms with Crippen molar-refractivity contribution < 1.29 is 9.90 Å². The molecule has 0 aliphatic rings. The molecule has 0 heterocycles. The van der Waals surface area contributed by atoms with Gasteiger partial charge in [0.15, 0.2) is 0 Å². The summed E-state index contributed by atoms with van der Waals surface area (Å²) in [5.74, 6) is -0.148. The summed E-state index contributed by atoms with van der Waals surface area (Å²) in [6.07, 6.45) is 0. The zero-order valence-corrected chi connectivity index (χ0v) is 7.60. The summed E-state index contributed by atoms with van der Waals surface area (Å²) < 4.78 is -0.430. The largest absolute Gasteiger partial charge is 0.377 e. The van der Waals surface area contributed by atoms with Gasteiger partial charge < -0.3 is 10.4 Å². The number of alkyl halides is 1. The summed E-state index contributed by atoms with van der Waals surface area (Å²) in [6.45, 7) is 3.27. The molecule has 0 aliphatic heterocycles. The van der Waals surface area contributed by atoms with Crippen molar-refractivity contribution in [1.82, 2.24) is 5.32 Å². The number of carbonyl (C=O) groups excluding carboxylic acids is 1. The van der Waals surface area contributed by atoms with Crippen molar-refractivity contribution >= 4 is 28.5 Å². The highest BCUT2D eigenvalue weighted by Gasteiger charge is 2.22. The Morgan fingerprint density at radius 1 is 1.78 bits per heavy atom. The third-order valence-electron chi connectivity index (χ3n) is 0.780. The highest BCUT2D eigenvalue weighted by molar-refractivity contribution is 14.1. The molecule has 3 nitrogen and oxygen atoms in total. The van der Waals surface area contributed by atoms with Gasteiger partial charge in [0.25, 0.3) is 0 Å². The van der Waals surface area contributed by atoms with E-state index in [2.05, 4.69) is 5.32 Å². The molecule has 1 amide bonds. The highest BCUT2D eigenvalue weighted by atomic mass is 127. The second kappa shape index (κ2) is 3.36. The topological polar surface area (TPSA) is 49.3 Å². The Hall–Kier alpha value is 0.160. The molecule has 0 aromatic rings. The van der Waals surface area contributed by atoms with Crippen molar-refractivity contribution in [2.45, 2.75) is 17.3 Å². The summed E-state index contributed by atoms with van der Waals surface area (Å²) in [6, 6.07) is 0. The van der Waals surface area contributed by atoms with Gasteiger partial charge in [-0.2, -0.15) is 0 Å². The van der Waals surface area contributed by atoms with Gasteiger partial charge in [0.2, 0.25) is 5.91 Å². The summed E-state index contributed by atoms with van der Waals surface area (Å²) >= 11 is 2.00. The van der Waals surface area contributed by atoms with Gasteiger partial charge in [-0.25, -0.2) is 0 Å². The van der Waals surface area contributed by atoms with Crippen LogP contribution in [0, 0.1) is 0 Å². The lowest BCUT2D eigenvalue weighted by atomic mass is 10.2. The van der Waals surface area contributed by atoms with E-state index in [9.17, 15) is 4.79 Å². The molecule has 0 saturated heterocycles. The Kier molecular flexibility index (Phi) is 3.42. The number of rotatable bonds is 2. The fraction of sp³-hybridized carbons (Fsp3) is 0.800. The molecule has 0 saturated carbocycles. The van der Waals surface area contributed by atoms with Gasteiger partial charge in [0.05, 0.1) is 3.42 Å². The van der Waals surface area contributed by atoms with E-state index in [1.165, 1.54) is 0 Å². The first-order chi connectivity index (χ1) is 3.98. The Bertz CT molecular complexity index is 108. The predicted molar refractivity (Wildman–Crippen MR) is 43.3 cm³/mol. The lowest BCUT2D eigenvalue weighted by Gasteiger charge is -2.13. The minimum atomic E-state index is -0.430. The van der Waals surface area contributed by atoms with Crippen molar-refractivity contribution in [3.63, 3.8) is 0 Å². The van der Waals surface area contributed by atoms with Crippen molar-refractivity contribution in [3.05, 3.63) is 0 Å². The molecule has 9 heavy (non-hydrogen) atoms. The highest BCUT2D eigenvalue weighted by Crippen LogP contribution is 2.15. The van der Waals surface area contributed by atoms with Crippen LogP contribution in [-0.4, -0.2) is 21.2 Å². The third-order valence-corrected chi connectivity index (χ3v) is 1.27. The van der Waals surface area contributed by atoms with Crippen LogP contribution in [0.1, 0.15) is 13.8 Å². The van der Waals surface area contributed by atoms with E-state index >= 15 is 0 Å². The molecule has 0 aromatic carbocycles. The Balaban J connectivity index is 3.74. The molecule has 0 aromatic heterocycles. The standard InChI is InChI=1S/C5H10INO2/c1-5(2,6)4(9)7-3-8/h8H,3H2,1-2H3,(H,7,9). The molecule has 0 radical (unpaired) electrons. The molecule has 0 rings (SSSR count). The van der Waals surface area contributed by atoms with E-state index in [1.54, 1.807) is 13.8 Å². The van der Waals surface area contributed by atoms with E-state index in [0.29, 0.717) is 0 Å². The summed E-state index contributed by atoms with van der Waals surface area (Å²) in [4.78, 5) is 10.8. The molecular formula is C5H10INO2. The molecule has 54 valence electrons. The average Bonchev–Trinajstić information content (AvgIpc) is 1.64. The summed E-state index contributed by atoms with van der Waals surface area (Å²) in [7, 11) is 0. The summed E-state index contributed by atoms with van der Waals surface area (Å²) in [5.41, 5.74) is 0.